The van der Waals surface area contributed by atoms with E-state index in [9.17, 15) is 4.39 Å². The summed E-state index contributed by atoms with van der Waals surface area (Å²) in [5, 5.41) is 19.4. The Kier molecular flexibility index (Phi) is 3.47. The molecule has 1 aromatic carbocycles. The van der Waals surface area contributed by atoms with Gasteiger partial charge in [0.1, 0.15) is 12.1 Å². The van der Waals surface area contributed by atoms with E-state index in [1.165, 1.54) is 12.4 Å². The Morgan fingerprint density at radius 1 is 1.56 bits per heavy atom. The summed E-state index contributed by atoms with van der Waals surface area (Å²) in [6, 6.07) is 4.31. The second-order valence-corrected chi connectivity index (χ2v) is 4.47. The largest absolute Gasteiger partial charge is 0.409 e. The Balaban J connectivity index is 2.28. The van der Waals surface area contributed by atoms with E-state index < -0.39 is 5.82 Å². The minimum atomic E-state index is -0.466. The normalized spacial score (nSPS) is 11.8. The zero-order valence-corrected chi connectivity index (χ0v) is 10.2. The number of benzene rings is 1. The predicted octanol–water partition coefficient (Wildman–Crippen LogP) is 1.20. The molecule has 0 unspecified atom stereocenters. The van der Waals surface area contributed by atoms with Crippen molar-refractivity contribution in [1.82, 2.24) is 14.8 Å². The molecule has 1 heterocycles. The van der Waals surface area contributed by atoms with Gasteiger partial charge in [-0.15, -0.1) is 10.2 Å². The summed E-state index contributed by atoms with van der Waals surface area (Å²) in [6.45, 7) is 0. The quantitative estimate of drug-likeness (QED) is 0.377. The molecule has 0 radical (unpaired) electrons. The third kappa shape index (κ3) is 2.43. The highest BCUT2D eigenvalue weighted by Crippen LogP contribution is 2.28. The van der Waals surface area contributed by atoms with Crippen LogP contribution in [0.5, 0.6) is 0 Å². The van der Waals surface area contributed by atoms with Gasteiger partial charge in [0, 0.05) is 12.6 Å². The molecule has 0 saturated carbocycles. The lowest BCUT2D eigenvalue weighted by Gasteiger charge is -2.04. The summed E-state index contributed by atoms with van der Waals surface area (Å²) in [7, 11) is 1.77. The average molecular weight is 267 g/mol. The van der Waals surface area contributed by atoms with Crippen LogP contribution in [-0.4, -0.2) is 25.8 Å². The summed E-state index contributed by atoms with van der Waals surface area (Å²) in [6.07, 6.45) is 1.53. The van der Waals surface area contributed by atoms with Crippen molar-refractivity contribution in [1.29, 1.82) is 0 Å². The molecule has 2 rings (SSSR count). The highest BCUT2D eigenvalue weighted by molar-refractivity contribution is 7.99. The topological polar surface area (TPSA) is 89.3 Å². The Labute approximate surface area is 106 Å². The zero-order chi connectivity index (χ0) is 13.1. The number of nitrogens with zero attached hydrogens (tertiary/aromatic N) is 4. The molecule has 0 atom stereocenters. The lowest BCUT2D eigenvalue weighted by Crippen LogP contribution is -2.13. The molecule has 1 aromatic heterocycles. The maximum atomic E-state index is 13.8. The number of halogens is 1. The summed E-state index contributed by atoms with van der Waals surface area (Å²) >= 11 is 1.15. The third-order valence-electron chi connectivity index (χ3n) is 2.21. The number of hydrogen-bond acceptors (Lipinski definition) is 5. The molecular formula is C10H10FN5OS. The van der Waals surface area contributed by atoms with Crippen molar-refractivity contribution >= 4 is 17.6 Å². The third-order valence-corrected chi connectivity index (χ3v) is 3.31. The second kappa shape index (κ2) is 5.05. The lowest BCUT2D eigenvalue weighted by atomic mass is 10.2. The number of aromatic nitrogens is 3. The predicted molar refractivity (Wildman–Crippen MR) is 64.0 cm³/mol. The van der Waals surface area contributed by atoms with Crippen LogP contribution < -0.4 is 5.73 Å². The van der Waals surface area contributed by atoms with Crippen LogP contribution in [0.2, 0.25) is 0 Å². The molecule has 0 spiro atoms. The van der Waals surface area contributed by atoms with Gasteiger partial charge in [0.05, 0.1) is 4.90 Å². The van der Waals surface area contributed by atoms with E-state index in [1.54, 1.807) is 23.7 Å². The van der Waals surface area contributed by atoms with Gasteiger partial charge in [-0.25, -0.2) is 4.39 Å². The number of oxime groups is 1. The van der Waals surface area contributed by atoms with Gasteiger partial charge in [-0.3, -0.25) is 0 Å². The van der Waals surface area contributed by atoms with E-state index >= 15 is 0 Å². The number of amidine groups is 1. The standard InChI is InChI=1S/C10H10FN5OS/c1-16-5-13-14-10(16)18-8-3-2-6(4-7(8)11)9(12)15-17/h2-5,17H,1H3,(H2,12,15). The molecule has 6 nitrogen and oxygen atoms in total. The van der Waals surface area contributed by atoms with E-state index in [-0.39, 0.29) is 5.84 Å². The summed E-state index contributed by atoms with van der Waals surface area (Å²) < 4.78 is 15.5. The van der Waals surface area contributed by atoms with Crippen molar-refractivity contribution in [2.45, 2.75) is 10.1 Å². The van der Waals surface area contributed by atoms with Crippen molar-refractivity contribution in [2.24, 2.45) is 17.9 Å². The van der Waals surface area contributed by atoms with Crippen molar-refractivity contribution in [3.63, 3.8) is 0 Å². The smallest absolute Gasteiger partial charge is 0.195 e. The summed E-state index contributed by atoms with van der Waals surface area (Å²) in [5.41, 5.74) is 5.69. The fourth-order valence-corrected chi connectivity index (χ4v) is 2.03. The minimum absolute atomic E-state index is 0.135. The molecule has 2 aromatic rings. The first-order chi connectivity index (χ1) is 8.61. The van der Waals surface area contributed by atoms with E-state index in [4.69, 9.17) is 10.9 Å². The van der Waals surface area contributed by atoms with Gasteiger partial charge in [-0.05, 0) is 30.0 Å². The first-order valence-corrected chi connectivity index (χ1v) is 5.72. The van der Waals surface area contributed by atoms with Crippen molar-refractivity contribution in [2.75, 3.05) is 0 Å². The fourth-order valence-electron chi connectivity index (χ4n) is 1.26. The first-order valence-electron chi connectivity index (χ1n) is 4.91. The lowest BCUT2D eigenvalue weighted by molar-refractivity contribution is 0.318. The highest BCUT2D eigenvalue weighted by atomic mass is 32.2. The van der Waals surface area contributed by atoms with Crippen molar-refractivity contribution < 1.29 is 9.60 Å². The van der Waals surface area contributed by atoms with Crippen LogP contribution in [0, 0.1) is 5.82 Å². The van der Waals surface area contributed by atoms with E-state index in [0.717, 1.165) is 11.8 Å². The van der Waals surface area contributed by atoms with Gasteiger partial charge >= 0.3 is 0 Å². The maximum absolute atomic E-state index is 13.8. The summed E-state index contributed by atoms with van der Waals surface area (Å²) in [4.78, 5) is 0.389. The van der Waals surface area contributed by atoms with Crippen molar-refractivity contribution in [3.8, 4) is 0 Å². The summed E-state index contributed by atoms with van der Waals surface area (Å²) in [5.74, 6) is -0.601. The Morgan fingerprint density at radius 2 is 2.33 bits per heavy atom. The van der Waals surface area contributed by atoms with E-state index in [2.05, 4.69) is 15.4 Å². The molecule has 18 heavy (non-hydrogen) atoms. The second-order valence-electron chi connectivity index (χ2n) is 3.46. The monoisotopic (exact) mass is 267 g/mol. The van der Waals surface area contributed by atoms with Crippen molar-refractivity contribution in [3.05, 3.63) is 35.9 Å². The van der Waals surface area contributed by atoms with Crippen LogP contribution in [0.3, 0.4) is 0 Å². The first kappa shape index (κ1) is 12.4. The number of aryl methyl sites for hydroxylation is 1. The van der Waals surface area contributed by atoms with Crippen LogP contribution in [0.25, 0.3) is 0 Å². The molecule has 0 aliphatic heterocycles. The molecule has 0 aliphatic rings. The van der Waals surface area contributed by atoms with Gasteiger partial charge in [0.15, 0.2) is 11.0 Å². The molecule has 0 aliphatic carbocycles. The molecule has 0 fully saturated rings. The number of rotatable bonds is 3. The molecule has 0 saturated heterocycles. The Bertz CT molecular complexity index is 598. The maximum Gasteiger partial charge on any atom is 0.195 e. The van der Waals surface area contributed by atoms with Gasteiger partial charge in [-0.2, -0.15) is 0 Å². The molecule has 8 heteroatoms. The molecular weight excluding hydrogens is 257 g/mol. The number of hydrogen-bond donors (Lipinski definition) is 2. The van der Waals surface area contributed by atoms with E-state index in [0.29, 0.717) is 15.6 Å². The van der Waals surface area contributed by atoms with Crippen LogP contribution in [0.1, 0.15) is 5.56 Å². The molecule has 3 N–H and O–H groups in total. The zero-order valence-electron chi connectivity index (χ0n) is 9.41. The SMILES string of the molecule is Cn1cnnc1Sc1ccc(/C(N)=N/O)cc1F. The van der Waals surface area contributed by atoms with Gasteiger partial charge in [-0.1, -0.05) is 5.16 Å². The molecule has 94 valence electrons. The molecule has 0 bridgehead atoms. The van der Waals surface area contributed by atoms with Crippen LogP contribution in [0.4, 0.5) is 4.39 Å². The number of nitrogens with two attached hydrogens (primary N) is 1. The minimum Gasteiger partial charge on any atom is -0.409 e. The molecule has 0 amide bonds. The Morgan fingerprint density at radius 3 is 2.89 bits per heavy atom. The average Bonchev–Trinajstić information content (AvgIpc) is 2.76. The van der Waals surface area contributed by atoms with Gasteiger partial charge in [0.25, 0.3) is 0 Å². The fraction of sp³-hybridized carbons (Fsp3) is 0.100. The Hall–Kier alpha value is -2.09. The van der Waals surface area contributed by atoms with Crippen LogP contribution in [-0.2, 0) is 7.05 Å². The van der Waals surface area contributed by atoms with E-state index in [1.807, 2.05) is 0 Å². The van der Waals surface area contributed by atoms with Gasteiger partial charge < -0.3 is 15.5 Å². The highest BCUT2D eigenvalue weighted by Gasteiger charge is 2.10. The van der Waals surface area contributed by atoms with Gasteiger partial charge in [0.2, 0.25) is 0 Å². The van der Waals surface area contributed by atoms with Crippen LogP contribution in [0.15, 0.2) is 39.7 Å². The van der Waals surface area contributed by atoms with Crippen LogP contribution >= 0.6 is 11.8 Å².